The lowest BCUT2D eigenvalue weighted by molar-refractivity contribution is -0.283. The summed E-state index contributed by atoms with van der Waals surface area (Å²) in [5.41, 5.74) is 1.85. The molecule has 1 aliphatic carbocycles. The molecule has 1 aliphatic heterocycles. The molecule has 8 nitrogen and oxygen atoms in total. The number of aryl methyl sites for hydroxylation is 1. The van der Waals surface area contributed by atoms with E-state index in [-0.39, 0.29) is 11.4 Å². The molecule has 1 saturated carbocycles. The van der Waals surface area contributed by atoms with Gasteiger partial charge in [-0.1, -0.05) is 31.1 Å². The minimum atomic E-state index is -0.500. The van der Waals surface area contributed by atoms with Crippen LogP contribution >= 0.6 is 0 Å². The molecule has 4 rings (SSSR count). The monoisotopic (exact) mass is 413 g/mol. The number of amides is 1. The minimum Gasteiger partial charge on any atom is -0.554 e. The second-order valence-electron chi connectivity index (χ2n) is 9.02. The van der Waals surface area contributed by atoms with Gasteiger partial charge in [-0.3, -0.25) is 4.79 Å². The van der Waals surface area contributed by atoms with Crippen molar-refractivity contribution in [2.45, 2.75) is 52.0 Å². The van der Waals surface area contributed by atoms with Gasteiger partial charge >= 0.3 is 0 Å². The van der Waals surface area contributed by atoms with E-state index in [1.54, 1.807) is 6.92 Å². The van der Waals surface area contributed by atoms with Crippen LogP contribution in [0.2, 0.25) is 0 Å². The maximum Gasteiger partial charge on any atom is 0.251 e. The second kappa shape index (κ2) is 8.95. The number of benzene rings is 1. The van der Waals surface area contributed by atoms with Gasteiger partial charge in [0.05, 0.1) is 5.54 Å². The Hall–Kier alpha value is -2.74. The molecule has 0 atom stereocenters. The summed E-state index contributed by atoms with van der Waals surface area (Å²) in [5.74, 6) is 1.08. The lowest BCUT2D eigenvalue weighted by Crippen LogP contribution is -2.50. The molecule has 0 unspecified atom stereocenters. The van der Waals surface area contributed by atoms with Crippen LogP contribution in [0.3, 0.4) is 0 Å². The first-order valence-electron chi connectivity index (χ1n) is 10.3. The van der Waals surface area contributed by atoms with E-state index in [2.05, 4.69) is 34.2 Å². The Balaban J connectivity index is 0.000000806. The summed E-state index contributed by atoms with van der Waals surface area (Å²) in [6.07, 6.45) is 4.66. The van der Waals surface area contributed by atoms with Crippen LogP contribution in [0, 0.1) is 12.3 Å². The number of carbonyl (C=O) groups is 2. The molecule has 2 aliphatic rings. The summed E-state index contributed by atoms with van der Waals surface area (Å²) in [5, 5.41) is 15.5. The smallest absolute Gasteiger partial charge is 0.251 e. The Morgan fingerprint density at radius 2 is 1.93 bits per heavy atom. The highest BCUT2D eigenvalue weighted by atomic mass is 16.5. The fourth-order valence-corrected chi connectivity index (χ4v) is 4.08. The molecule has 2 fully saturated rings. The molecule has 8 heteroatoms. The van der Waals surface area contributed by atoms with E-state index in [9.17, 15) is 4.79 Å². The van der Waals surface area contributed by atoms with Crippen molar-refractivity contribution >= 4 is 12.4 Å². The van der Waals surface area contributed by atoms with Crippen LogP contribution in [0.1, 0.15) is 55.8 Å². The average Bonchev–Trinajstić information content (AvgIpc) is 3.28. The first kappa shape index (κ1) is 22.0. The van der Waals surface area contributed by atoms with E-state index < -0.39 is 6.47 Å². The molecule has 0 radical (unpaired) electrons. The van der Waals surface area contributed by atoms with Crippen LogP contribution in [-0.4, -0.2) is 52.6 Å². The Bertz CT molecular complexity index is 872. The summed E-state index contributed by atoms with van der Waals surface area (Å²) in [4.78, 5) is 27.7. The number of nitrogens with one attached hydrogen (secondary N) is 1. The van der Waals surface area contributed by atoms with Crippen LogP contribution in [0.5, 0.6) is 0 Å². The Morgan fingerprint density at radius 3 is 2.47 bits per heavy atom. The minimum absolute atomic E-state index is 0.000359. The summed E-state index contributed by atoms with van der Waals surface area (Å²) < 4.78 is 5.01. The zero-order valence-electron chi connectivity index (χ0n) is 17.8. The van der Waals surface area contributed by atoms with E-state index >= 15 is 0 Å². The average molecular weight is 413 g/mol. The quantitative estimate of drug-likeness (QED) is 0.744. The van der Waals surface area contributed by atoms with Gasteiger partial charge < -0.3 is 24.6 Å². The summed E-state index contributed by atoms with van der Waals surface area (Å²) in [6.45, 7) is 9.15. The van der Waals surface area contributed by atoms with Gasteiger partial charge in [-0.15, -0.1) is 0 Å². The van der Waals surface area contributed by atoms with E-state index in [1.807, 2.05) is 24.3 Å². The summed E-state index contributed by atoms with van der Waals surface area (Å²) >= 11 is 0. The third kappa shape index (κ3) is 5.66. The third-order valence-electron chi connectivity index (χ3n) is 5.67. The number of carbonyl (C=O) groups excluding carboxylic acids is 2. The fraction of sp³-hybridized carbons (Fsp3) is 0.545. The zero-order chi connectivity index (χ0) is 21.8. The molecular weight excluding hydrogens is 384 g/mol. The van der Waals surface area contributed by atoms with Gasteiger partial charge in [0.2, 0.25) is 11.7 Å². The molecule has 2 heterocycles. The Morgan fingerprint density at radius 1 is 1.27 bits per heavy atom. The van der Waals surface area contributed by atoms with Gasteiger partial charge in [0.15, 0.2) is 0 Å². The zero-order valence-corrected chi connectivity index (χ0v) is 17.8. The van der Waals surface area contributed by atoms with Gasteiger partial charge in [0.1, 0.15) is 0 Å². The highest BCUT2D eigenvalue weighted by Gasteiger charge is 2.46. The number of nitrogens with zero attached hydrogens (tertiary/aromatic N) is 3. The lowest BCUT2D eigenvalue weighted by Gasteiger charge is -2.39. The van der Waals surface area contributed by atoms with Crippen molar-refractivity contribution in [1.82, 2.24) is 20.4 Å². The van der Waals surface area contributed by atoms with Crippen LogP contribution in [-0.2, 0) is 4.79 Å². The molecular formula is C22H29N4O4-. The summed E-state index contributed by atoms with van der Waals surface area (Å²) in [7, 11) is 0. The van der Waals surface area contributed by atoms with Crippen molar-refractivity contribution in [3.05, 3.63) is 35.7 Å². The number of piperidine rings is 1. The summed E-state index contributed by atoms with van der Waals surface area (Å²) in [6, 6.07) is 7.39. The lowest BCUT2D eigenvalue weighted by atomic mass is 9.84. The topological polar surface area (TPSA) is 111 Å². The third-order valence-corrected chi connectivity index (χ3v) is 5.67. The first-order valence-corrected chi connectivity index (χ1v) is 10.3. The molecule has 162 valence electrons. The second-order valence-corrected chi connectivity index (χ2v) is 9.02. The molecule has 1 N–H and O–H groups in total. The van der Waals surface area contributed by atoms with Crippen LogP contribution in [0.15, 0.2) is 28.8 Å². The maximum absolute atomic E-state index is 12.7. The van der Waals surface area contributed by atoms with Crippen LogP contribution < -0.4 is 10.4 Å². The number of hydrogen-bond acceptors (Lipinski definition) is 7. The molecule has 2 aromatic rings. The molecule has 30 heavy (non-hydrogen) atoms. The Kier molecular flexibility index (Phi) is 6.55. The fourth-order valence-electron chi connectivity index (χ4n) is 4.08. The number of carboxylic acid groups (broad SMARTS) is 1. The van der Waals surface area contributed by atoms with Crippen molar-refractivity contribution in [1.29, 1.82) is 0 Å². The van der Waals surface area contributed by atoms with Gasteiger partial charge in [0, 0.05) is 37.6 Å². The molecule has 1 saturated heterocycles. The first-order chi connectivity index (χ1) is 14.3. The Labute approximate surface area is 176 Å². The standard InChI is InChI=1S/C21H28N4O2.CH2O2/c1-15-22-18(24-27-15)16-5-7-17(8-6-16)19(26)23-21(10-11-21)14-25-12-4-9-20(2,3)13-25;2-1-3/h5-8H,4,9-14H2,1-3H3,(H,23,26);1H,(H,2,3)/p-1. The van der Waals surface area contributed by atoms with Crippen molar-refractivity contribution < 1.29 is 19.2 Å². The van der Waals surface area contributed by atoms with Crippen molar-refractivity contribution in [2.75, 3.05) is 19.6 Å². The van der Waals surface area contributed by atoms with Gasteiger partial charge in [-0.05, 0) is 49.8 Å². The van der Waals surface area contributed by atoms with E-state index in [0.29, 0.717) is 22.7 Å². The van der Waals surface area contributed by atoms with Crippen molar-refractivity contribution in [3.63, 3.8) is 0 Å². The number of aromatic nitrogens is 2. The van der Waals surface area contributed by atoms with Crippen LogP contribution in [0.25, 0.3) is 11.4 Å². The van der Waals surface area contributed by atoms with Gasteiger partial charge in [-0.2, -0.15) is 4.98 Å². The van der Waals surface area contributed by atoms with Crippen LogP contribution in [0.4, 0.5) is 0 Å². The maximum atomic E-state index is 12.7. The van der Waals surface area contributed by atoms with Crippen molar-refractivity contribution in [2.24, 2.45) is 5.41 Å². The predicted molar refractivity (Wildman–Crippen MR) is 109 cm³/mol. The highest BCUT2D eigenvalue weighted by molar-refractivity contribution is 5.95. The molecule has 0 spiro atoms. The molecule has 0 bridgehead atoms. The largest absolute Gasteiger partial charge is 0.554 e. The number of likely N-dealkylation sites (tertiary alicyclic amines) is 1. The normalized spacial score (nSPS) is 19.3. The van der Waals surface area contributed by atoms with Crippen molar-refractivity contribution in [3.8, 4) is 11.4 Å². The SMILES string of the molecule is Cc1nc(-c2ccc(C(=O)NC3(CN4CCCC(C)(C)C4)CC3)cc2)no1.O=C[O-]. The molecule has 1 aromatic carbocycles. The van der Waals surface area contributed by atoms with Gasteiger partial charge in [0.25, 0.3) is 5.91 Å². The highest BCUT2D eigenvalue weighted by Crippen LogP contribution is 2.38. The molecule has 1 aromatic heterocycles. The van der Waals surface area contributed by atoms with E-state index in [1.165, 1.54) is 12.8 Å². The molecule has 1 amide bonds. The predicted octanol–water partition coefficient (Wildman–Crippen LogP) is 1.80. The van der Waals surface area contributed by atoms with Gasteiger partial charge in [-0.25, -0.2) is 0 Å². The number of hydrogen-bond donors (Lipinski definition) is 1. The van der Waals surface area contributed by atoms with E-state index in [4.69, 9.17) is 14.4 Å². The van der Waals surface area contributed by atoms with E-state index in [0.717, 1.165) is 38.0 Å². The number of rotatable bonds is 5.